The summed E-state index contributed by atoms with van der Waals surface area (Å²) in [6, 6.07) is 8.57. The SMILES string of the molecule is O=C(O[C@H](C(=O)O)[C@@H](OC(=O)c1cccc(C(F)(F)F)c1)C(=O)NNC(=O)c1ccc(Cl)cc1Cl)c1cccc(C(F)(F)F)c1. The zero-order chi connectivity index (χ0) is 33.7. The molecule has 0 bridgehead atoms. The number of hydrogen-bond donors (Lipinski definition) is 3. The summed E-state index contributed by atoms with van der Waals surface area (Å²) < 4.78 is 88.3. The largest absolute Gasteiger partial charge is 0.478 e. The smallest absolute Gasteiger partial charge is 0.416 e. The average Bonchev–Trinajstić information content (AvgIpc) is 2.96. The van der Waals surface area contributed by atoms with Crippen molar-refractivity contribution in [2.75, 3.05) is 0 Å². The number of carboxylic acid groups (broad SMARTS) is 1. The summed E-state index contributed by atoms with van der Waals surface area (Å²) in [6.07, 6.45) is -15.4. The maximum Gasteiger partial charge on any atom is 0.416 e. The van der Waals surface area contributed by atoms with Gasteiger partial charge in [0.2, 0.25) is 12.2 Å². The molecule has 2 amide bonds. The van der Waals surface area contributed by atoms with Crippen molar-refractivity contribution in [3.63, 3.8) is 0 Å². The lowest BCUT2D eigenvalue weighted by atomic mass is 10.1. The number of alkyl halides is 6. The lowest BCUT2D eigenvalue weighted by molar-refractivity contribution is -0.159. The lowest BCUT2D eigenvalue weighted by Gasteiger charge is -2.24. The number of benzene rings is 3. The van der Waals surface area contributed by atoms with Gasteiger partial charge < -0.3 is 14.6 Å². The van der Waals surface area contributed by atoms with Crippen molar-refractivity contribution in [1.82, 2.24) is 10.9 Å². The third-order valence-corrected chi connectivity index (χ3v) is 6.12. The molecule has 3 rings (SSSR count). The zero-order valence-corrected chi connectivity index (χ0v) is 23.3. The van der Waals surface area contributed by atoms with E-state index in [0.717, 1.165) is 36.4 Å². The number of aliphatic carboxylic acids is 1. The third kappa shape index (κ3) is 9.09. The highest BCUT2D eigenvalue weighted by molar-refractivity contribution is 6.36. The molecule has 0 aliphatic carbocycles. The van der Waals surface area contributed by atoms with Gasteiger partial charge in [0.25, 0.3) is 11.8 Å². The highest BCUT2D eigenvalue weighted by Gasteiger charge is 2.42. The number of rotatable bonds is 8. The summed E-state index contributed by atoms with van der Waals surface area (Å²) >= 11 is 11.7. The normalized spacial score (nSPS) is 12.8. The molecule has 3 N–H and O–H groups in total. The van der Waals surface area contributed by atoms with Gasteiger partial charge in [0.05, 0.1) is 32.8 Å². The fraction of sp³-hybridized carbons (Fsp3) is 0.148. The number of hydrazine groups is 1. The Kier molecular flexibility index (Phi) is 10.7. The van der Waals surface area contributed by atoms with Crippen LogP contribution in [0.1, 0.15) is 42.2 Å². The number of carbonyl (C=O) groups is 5. The summed E-state index contributed by atoms with van der Waals surface area (Å²) in [6.45, 7) is 0. The Bertz CT molecular complexity index is 1650. The second-order valence-corrected chi connectivity index (χ2v) is 9.56. The average molecular weight is 681 g/mol. The van der Waals surface area contributed by atoms with E-state index in [-0.39, 0.29) is 15.6 Å². The highest BCUT2D eigenvalue weighted by Crippen LogP contribution is 2.31. The van der Waals surface area contributed by atoms with Gasteiger partial charge in [-0.05, 0) is 54.6 Å². The van der Waals surface area contributed by atoms with Crippen LogP contribution in [0, 0.1) is 0 Å². The molecule has 0 saturated carbocycles. The Balaban J connectivity index is 1.94. The second kappa shape index (κ2) is 13.9. The molecule has 0 fully saturated rings. The first kappa shape index (κ1) is 34.7. The van der Waals surface area contributed by atoms with Crippen molar-refractivity contribution in [3.8, 4) is 0 Å². The van der Waals surface area contributed by atoms with E-state index in [0.29, 0.717) is 24.3 Å². The predicted molar refractivity (Wildman–Crippen MR) is 141 cm³/mol. The van der Waals surface area contributed by atoms with E-state index in [1.54, 1.807) is 5.43 Å². The first-order valence-corrected chi connectivity index (χ1v) is 12.7. The van der Waals surface area contributed by atoms with E-state index in [4.69, 9.17) is 32.7 Å². The Morgan fingerprint density at radius 2 is 1.18 bits per heavy atom. The molecule has 18 heteroatoms. The number of nitrogens with one attached hydrogen (secondary N) is 2. The molecule has 45 heavy (non-hydrogen) atoms. The number of carbonyl (C=O) groups excluding carboxylic acids is 4. The van der Waals surface area contributed by atoms with Crippen LogP contribution in [0.2, 0.25) is 10.0 Å². The first-order chi connectivity index (χ1) is 20.9. The van der Waals surface area contributed by atoms with Crippen molar-refractivity contribution in [3.05, 3.63) is 105 Å². The number of ether oxygens (including phenoxy) is 2. The molecule has 0 aliphatic heterocycles. The van der Waals surface area contributed by atoms with Gasteiger partial charge in [-0.1, -0.05) is 35.3 Å². The van der Waals surface area contributed by atoms with E-state index in [1.165, 1.54) is 6.07 Å². The standard InChI is InChI=1S/C27H16Cl2F6N2O8/c28-16-7-8-17(18(29)11-16)21(38)36-37-22(39)19(44-24(42)12-3-1-5-14(9-12)26(30,31)32)20(23(40)41)45-25(43)13-4-2-6-15(10-13)27(33,34)35/h1-11,19-20H,(H,36,38)(H,37,39)(H,40,41)/t19-,20+/m1/s1. The number of carboxylic acids is 1. The fourth-order valence-corrected chi connectivity index (χ4v) is 3.93. The molecule has 0 spiro atoms. The molecule has 0 aliphatic rings. The van der Waals surface area contributed by atoms with Crippen LogP contribution in [-0.2, 0) is 31.4 Å². The van der Waals surface area contributed by atoms with Crippen LogP contribution in [0.5, 0.6) is 0 Å². The van der Waals surface area contributed by atoms with Gasteiger partial charge in [-0.3, -0.25) is 20.4 Å². The molecular formula is C27H16Cl2F6N2O8. The second-order valence-electron chi connectivity index (χ2n) is 8.71. The van der Waals surface area contributed by atoms with Crippen LogP contribution < -0.4 is 10.9 Å². The van der Waals surface area contributed by atoms with Gasteiger partial charge in [-0.25, -0.2) is 14.4 Å². The van der Waals surface area contributed by atoms with Gasteiger partial charge >= 0.3 is 30.3 Å². The summed E-state index contributed by atoms with van der Waals surface area (Å²) in [4.78, 5) is 63.0. The maximum absolute atomic E-state index is 13.2. The van der Waals surface area contributed by atoms with E-state index < -0.39 is 76.5 Å². The number of halogens is 8. The van der Waals surface area contributed by atoms with Crippen LogP contribution >= 0.6 is 23.2 Å². The molecule has 0 radical (unpaired) electrons. The maximum atomic E-state index is 13.2. The predicted octanol–water partition coefficient (Wildman–Crippen LogP) is 5.33. The summed E-state index contributed by atoms with van der Waals surface area (Å²) in [5.41, 5.74) is -1.04. The lowest BCUT2D eigenvalue weighted by Crippen LogP contribution is -2.54. The Morgan fingerprint density at radius 3 is 1.62 bits per heavy atom. The quantitative estimate of drug-likeness (QED) is 0.164. The number of esters is 2. The minimum Gasteiger partial charge on any atom is -0.478 e. The first-order valence-electron chi connectivity index (χ1n) is 11.9. The molecule has 3 aromatic rings. The Labute approximate surface area is 257 Å². The molecule has 10 nitrogen and oxygen atoms in total. The highest BCUT2D eigenvalue weighted by atomic mass is 35.5. The van der Waals surface area contributed by atoms with Crippen molar-refractivity contribution < 1.29 is 64.9 Å². The van der Waals surface area contributed by atoms with Gasteiger partial charge in [-0.15, -0.1) is 0 Å². The van der Waals surface area contributed by atoms with Crippen LogP contribution in [0.15, 0.2) is 66.7 Å². The number of hydrogen-bond acceptors (Lipinski definition) is 7. The fourth-order valence-electron chi connectivity index (χ4n) is 3.44. The van der Waals surface area contributed by atoms with Crippen LogP contribution in [0.25, 0.3) is 0 Å². The van der Waals surface area contributed by atoms with Crippen LogP contribution in [-0.4, -0.2) is 47.0 Å². The Hall–Kier alpha value is -4.83. The van der Waals surface area contributed by atoms with Gasteiger partial charge in [0, 0.05) is 5.02 Å². The van der Waals surface area contributed by atoms with Crippen LogP contribution in [0.4, 0.5) is 26.3 Å². The van der Waals surface area contributed by atoms with E-state index in [1.807, 2.05) is 5.43 Å². The minimum absolute atomic E-state index is 0.133. The van der Waals surface area contributed by atoms with Gasteiger partial charge in [0.1, 0.15) is 0 Å². The minimum atomic E-state index is -4.93. The van der Waals surface area contributed by atoms with Crippen LogP contribution in [0.3, 0.4) is 0 Å². The molecule has 0 saturated heterocycles. The number of amides is 2. The molecule has 238 valence electrons. The topological polar surface area (TPSA) is 148 Å². The molecule has 0 heterocycles. The summed E-state index contributed by atoms with van der Waals surface area (Å²) in [5.74, 6) is -8.42. The molecule has 0 aromatic heterocycles. The Morgan fingerprint density at radius 1 is 0.689 bits per heavy atom. The van der Waals surface area contributed by atoms with Crippen molar-refractivity contribution in [2.45, 2.75) is 24.6 Å². The van der Waals surface area contributed by atoms with Gasteiger partial charge in [0.15, 0.2) is 0 Å². The molecule has 0 unspecified atom stereocenters. The van der Waals surface area contributed by atoms with Crippen molar-refractivity contribution in [1.29, 1.82) is 0 Å². The summed E-state index contributed by atoms with van der Waals surface area (Å²) in [7, 11) is 0. The summed E-state index contributed by atoms with van der Waals surface area (Å²) in [5, 5.41) is 9.67. The van der Waals surface area contributed by atoms with Crippen molar-refractivity contribution >= 4 is 52.9 Å². The molecular weight excluding hydrogens is 665 g/mol. The van der Waals surface area contributed by atoms with E-state index in [2.05, 4.69) is 0 Å². The zero-order valence-electron chi connectivity index (χ0n) is 21.8. The van der Waals surface area contributed by atoms with Crippen molar-refractivity contribution in [2.24, 2.45) is 0 Å². The molecule has 2 atom stereocenters. The van der Waals surface area contributed by atoms with E-state index >= 15 is 0 Å². The van der Waals surface area contributed by atoms with Gasteiger partial charge in [-0.2, -0.15) is 26.3 Å². The molecule has 3 aromatic carbocycles. The van der Waals surface area contributed by atoms with E-state index in [9.17, 15) is 55.4 Å². The third-order valence-electron chi connectivity index (χ3n) is 5.57. The monoisotopic (exact) mass is 680 g/mol.